The van der Waals surface area contributed by atoms with Crippen molar-refractivity contribution in [3.05, 3.63) is 23.8 Å². The van der Waals surface area contributed by atoms with Gasteiger partial charge in [-0.15, -0.1) is 0 Å². The lowest BCUT2D eigenvalue weighted by Crippen LogP contribution is -2.36. The molecule has 1 aromatic rings. The predicted octanol–water partition coefficient (Wildman–Crippen LogP) is 3.00. The highest BCUT2D eigenvalue weighted by atomic mass is 16.5. The Morgan fingerprint density at radius 3 is 2.52 bits per heavy atom. The number of benzene rings is 1. The molecule has 1 fully saturated rings. The van der Waals surface area contributed by atoms with Gasteiger partial charge in [0, 0.05) is 18.2 Å². The Hall–Kier alpha value is -1.26. The maximum absolute atomic E-state index is 10.6. The van der Waals surface area contributed by atoms with Gasteiger partial charge in [0.1, 0.15) is 11.5 Å². The highest BCUT2D eigenvalue weighted by Gasteiger charge is 2.25. The van der Waals surface area contributed by atoms with Crippen LogP contribution in [0.1, 0.15) is 44.3 Å². The van der Waals surface area contributed by atoms with E-state index in [0.29, 0.717) is 18.3 Å². The lowest BCUT2D eigenvalue weighted by atomic mass is 10.1. The summed E-state index contributed by atoms with van der Waals surface area (Å²) in [6.45, 7) is 3.77. The molecule has 1 aliphatic rings. The summed E-state index contributed by atoms with van der Waals surface area (Å²) in [6, 6.07) is 6.18. The summed E-state index contributed by atoms with van der Waals surface area (Å²) in [5, 5.41) is 10.6. The summed E-state index contributed by atoms with van der Waals surface area (Å²) < 4.78 is 10.6. The van der Waals surface area contributed by atoms with Crippen LogP contribution < -0.4 is 9.47 Å². The third kappa shape index (κ3) is 3.89. The maximum Gasteiger partial charge on any atom is 0.124 e. The van der Waals surface area contributed by atoms with Crippen molar-refractivity contribution in [1.29, 1.82) is 0 Å². The molecular formula is C17H27NO3. The van der Waals surface area contributed by atoms with Crippen LogP contribution in [0.15, 0.2) is 18.2 Å². The number of aliphatic hydroxyl groups is 1. The fourth-order valence-corrected chi connectivity index (χ4v) is 3.23. The quantitative estimate of drug-likeness (QED) is 0.839. The molecule has 4 nitrogen and oxygen atoms in total. The number of nitrogens with zero attached hydrogens (tertiary/aromatic N) is 1. The monoisotopic (exact) mass is 293 g/mol. The van der Waals surface area contributed by atoms with Gasteiger partial charge in [-0.25, -0.2) is 0 Å². The van der Waals surface area contributed by atoms with Gasteiger partial charge in [0.05, 0.1) is 20.3 Å². The Morgan fingerprint density at radius 2 is 1.95 bits per heavy atom. The van der Waals surface area contributed by atoms with Gasteiger partial charge < -0.3 is 14.6 Å². The van der Waals surface area contributed by atoms with Crippen molar-refractivity contribution < 1.29 is 14.6 Å². The Kier molecular flexibility index (Phi) is 5.88. The zero-order valence-corrected chi connectivity index (χ0v) is 13.3. The Morgan fingerprint density at radius 1 is 1.24 bits per heavy atom. The van der Waals surface area contributed by atoms with Crippen molar-refractivity contribution in [2.45, 2.75) is 44.8 Å². The van der Waals surface area contributed by atoms with E-state index in [2.05, 4.69) is 11.8 Å². The van der Waals surface area contributed by atoms with Crippen molar-refractivity contribution in [1.82, 2.24) is 4.90 Å². The molecule has 1 aromatic carbocycles. The van der Waals surface area contributed by atoms with Crippen molar-refractivity contribution in [3.8, 4) is 11.5 Å². The van der Waals surface area contributed by atoms with Crippen molar-refractivity contribution in [2.75, 3.05) is 27.3 Å². The van der Waals surface area contributed by atoms with Gasteiger partial charge in [0.15, 0.2) is 0 Å². The Bertz CT molecular complexity index is 444. The first-order valence-corrected chi connectivity index (χ1v) is 7.83. The molecule has 0 heterocycles. The SMILES string of the molecule is CCN(CC(O)c1cc(OC)ccc1OC)C1CCCC1. The molecule has 118 valence electrons. The number of methoxy groups -OCH3 is 2. The van der Waals surface area contributed by atoms with E-state index in [9.17, 15) is 5.11 Å². The number of hydrogen-bond donors (Lipinski definition) is 1. The summed E-state index contributed by atoms with van der Waals surface area (Å²) in [7, 11) is 3.27. The first kappa shape index (κ1) is 16.1. The van der Waals surface area contributed by atoms with Gasteiger partial charge in [-0.2, -0.15) is 0 Å². The van der Waals surface area contributed by atoms with Crippen molar-refractivity contribution in [3.63, 3.8) is 0 Å². The van der Waals surface area contributed by atoms with E-state index in [1.807, 2.05) is 18.2 Å². The molecule has 4 heteroatoms. The number of aliphatic hydroxyl groups excluding tert-OH is 1. The van der Waals surface area contributed by atoms with E-state index in [0.717, 1.165) is 17.9 Å². The lowest BCUT2D eigenvalue weighted by molar-refractivity contribution is 0.0894. The lowest BCUT2D eigenvalue weighted by Gasteiger charge is -2.30. The minimum atomic E-state index is -0.560. The summed E-state index contributed by atoms with van der Waals surface area (Å²) in [5.41, 5.74) is 0.799. The van der Waals surface area contributed by atoms with E-state index in [1.54, 1.807) is 14.2 Å². The van der Waals surface area contributed by atoms with Gasteiger partial charge in [-0.1, -0.05) is 19.8 Å². The van der Waals surface area contributed by atoms with Crippen LogP contribution in [0.4, 0.5) is 0 Å². The zero-order valence-electron chi connectivity index (χ0n) is 13.3. The van der Waals surface area contributed by atoms with E-state index in [4.69, 9.17) is 9.47 Å². The number of hydrogen-bond acceptors (Lipinski definition) is 4. The van der Waals surface area contributed by atoms with Crippen LogP contribution in [0.2, 0.25) is 0 Å². The number of rotatable bonds is 7. The molecule has 1 atom stereocenters. The van der Waals surface area contributed by atoms with Crippen molar-refractivity contribution in [2.24, 2.45) is 0 Å². The largest absolute Gasteiger partial charge is 0.497 e. The van der Waals surface area contributed by atoms with Gasteiger partial charge in [-0.3, -0.25) is 4.90 Å². The molecule has 1 aliphatic carbocycles. The maximum atomic E-state index is 10.6. The third-order valence-electron chi connectivity index (χ3n) is 4.45. The topological polar surface area (TPSA) is 41.9 Å². The second kappa shape index (κ2) is 7.66. The van der Waals surface area contributed by atoms with Gasteiger partial charge in [-0.05, 0) is 37.6 Å². The first-order valence-electron chi connectivity index (χ1n) is 7.83. The molecule has 21 heavy (non-hydrogen) atoms. The molecule has 0 bridgehead atoms. The summed E-state index contributed by atoms with van der Waals surface area (Å²) >= 11 is 0. The molecule has 0 aliphatic heterocycles. The smallest absolute Gasteiger partial charge is 0.124 e. The zero-order chi connectivity index (χ0) is 15.2. The van der Waals surface area contributed by atoms with Crippen LogP contribution in [-0.4, -0.2) is 43.4 Å². The molecule has 0 saturated heterocycles. The summed E-state index contributed by atoms with van der Waals surface area (Å²) in [6.07, 6.45) is 4.54. The van der Waals surface area contributed by atoms with E-state index in [-0.39, 0.29) is 0 Å². The van der Waals surface area contributed by atoms with Crippen LogP contribution >= 0.6 is 0 Å². The van der Waals surface area contributed by atoms with Crippen LogP contribution in [0, 0.1) is 0 Å². The molecule has 2 rings (SSSR count). The highest BCUT2D eigenvalue weighted by Crippen LogP contribution is 2.31. The average Bonchev–Trinajstić information content (AvgIpc) is 3.05. The molecule has 1 saturated carbocycles. The summed E-state index contributed by atoms with van der Waals surface area (Å²) in [5.74, 6) is 1.46. The van der Waals surface area contributed by atoms with E-state index in [1.165, 1.54) is 25.7 Å². The average molecular weight is 293 g/mol. The van der Waals surface area contributed by atoms with Gasteiger partial charge in [0.2, 0.25) is 0 Å². The highest BCUT2D eigenvalue weighted by molar-refractivity contribution is 5.41. The standard InChI is InChI=1S/C17H27NO3/c1-4-18(13-7-5-6-8-13)12-16(19)15-11-14(20-2)9-10-17(15)21-3/h9-11,13,16,19H,4-8,12H2,1-3H3. The second-order valence-electron chi connectivity index (χ2n) is 5.65. The van der Waals surface area contributed by atoms with E-state index < -0.39 is 6.10 Å². The Labute approximate surface area is 127 Å². The van der Waals surface area contributed by atoms with Crippen LogP contribution in [0.5, 0.6) is 11.5 Å². The van der Waals surface area contributed by atoms with E-state index >= 15 is 0 Å². The fraction of sp³-hybridized carbons (Fsp3) is 0.647. The van der Waals surface area contributed by atoms with Crippen LogP contribution in [0.25, 0.3) is 0 Å². The molecule has 0 aromatic heterocycles. The molecular weight excluding hydrogens is 266 g/mol. The fourth-order valence-electron chi connectivity index (χ4n) is 3.23. The minimum Gasteiger partial charge on any atom is -0.497 e. The summed E-state index contributed by atoms with van der Waals surface area (Å²) in [4.78, 5) is 2.39. The molecule has 0 amide bonds. The molecule has 0 radical (unpaired) electrons. The normalized spacial score (nSPS) is 17.2. The number of ether oxygens (including phenoxy) is 2. The van der Waals surface area contributed by atoms with Gasteiger partial charge >= 0.3 is 0 Å². The van der Waals surface area contributed by atoms with Crippen LogP contribution in [-0.2, 0) is 0 Å². The molecule has 1 N–H and O–H groups in total. The molecule has 0 spiro atoms. The van der Waals surface area contributed by atoms with Crippen molar-refractivity contribution >= 4 is 0 Å². The minimum absolute atomic E-state index is 0.560. The Balaban J connectivity index is 2.12. The number of likely N-dealkylation sites (N-methyl/N-ethyl adjacent to an activating group) is 1. The predicted molar refractivity (Wildman–Crippen MR) is 84.0 cm³/mol. The second-order valence-corrected chi connectivity index (χ2v) is 5.65. The first-order chi connectivity index (χ1) is 10.2. The van der Waals surface area contributed by atoms with Gasteiger partial charge in [0.25, 0.3) is 0 Å². The molecule has 1 unspecified atom stereocenters. The van der Waals surface area contributed by atoms with Crippen LogP contribution in [0.3, 0.4) is 0 Å². The third-order valence-corrected chi connectivity index (χ3v) is 4.45.